The molecule has 3 aromatic rings. The first-order valence-corrected chi connectivity index (χ1v) is 12.8. The lowest BCUT2D eigenvalue weighted by molar-refractivity contribution is 0.506. The Bertz CT molecular complexity index is 943. The first-order chi connectivity index (χ1) is 14.5. The number of benzene rings is 3. The Morgan fingerprint density at radius 1 is 0.833 bits per heavy atom. The molecule has 0 aromatic heterocycles. The molecule has 0 unspecified atom stereocenters. The Balaban J connectivity index is 1.61. The van der Waals surface area contributed by atoms with E-state index in [1.807, 2.05) is 55.5 Å². The highest BCUT2D eigenvalue weighted by Gasteiger charge is 2.20. The minimum atomic E-state index is -3.53. The van der Waals surface area contributed by atoms with Crippen molar-refractivity contribution in [2.75, 3.05) is 5.75 Å². The van der Waals surface area contributed by atoms with Gasteiger partial charge in [0.1, 0.15) is 0 Å². The molecule has 0 fully saturated rings. The second-order valence-electron chi connectivity index (χ2n) is 7.46. The van der Waals surface area contributed by atoms with Crippen molar-refractivity contribution in [1.82, 2.24) is 4.72 Å². The molecule has 0 aliphatic heterocycles. The Morgan fingerprint density at radius 2 is 1.47 bits per heavy atom. The van der Waals surface area contributed by atoms with Crippen LogP contribution in [0.1, 0.15) is 30.4 Å². The summed E-state index contributed by atoms with van der Waals surface area (Å²) in [6.07, 6.45) is 3.51. The fourth-order valence-electron chi connectivity index (χ4n) is 3.30. The zero-order chi connectivity index (χ0) is 21.2. The van der Waals surface area contributed by atoms with Crippen LogP contribution in [0, 0.1) is 6.92 Å². The van der Waals surface area contributed by atoms with Gasteiger partial charge in [-0.2, -0.15) is 0 Å². The fourth-order valence-corrected chi connectivity index (χ4v) is 5.59. The summed E-state index contributed by atoms with van der Waals surface area (Å²) in [7, 11) is -3.53. The summed E-state index contributed by atoms with van der Waals surface area (Å²) in [4.78, 5) is 1.54. The summed E-state index contributed by atoms with van der Waals surface area (Å²) in [5, 5.41) is 0. The molecule has 3 nitrogen and oxygen atoms in total. The van der Waals surface area contributed by atoms with Crippen LogP contribution >= 0.6 is 11.8 Å². The number of aryl methyl sites for hydroxylation is 2. The predicted octanol–water partition coefficient (Wildman–Crippen LogP) is 5.85. The van der Waals surface area contributed by atoms with E-state index in [-0.39, 0.29) is 6.04 Å². The molecule has 0 aliphatic carbocycles. The highest BCUT2D eigenvalue weighted by atomic mass is 32.2. The number of hydrogen-bond donors (Lipinski definition) is 1. The van der Waals surface area contributed by atoms with Crippen molar-refractivity contribution in [3.63, 3.8) is 0 Å². The average molecular weight is 440 g/mol. The van der Waals surface area contributed by atoms with Gasteiger partial charge in [0, 0.05) is 10.9 Å². The summed E-state index contributed by atoms with van der Waals surface area (Å²) >= 11 is 1.77. The number of sulfonamides is 1. The third-order valence-corrected chi connectivity index (χ3v) is 7.57. The summed E-state index contributed by atoms with van der Waals surface area (Å²) in [6, 6.07) is 27.5. The Morgan fingerprint density at radius 3 is 2.13 bits per heavy atom. The molecule has 0 aliphatic rings. The normalized spacial score (nSPS) is 12.6. The van der Waals surface area contributed by atoms with Crippen molar-refractivity contribution in [3.05, 3.63) is 96.1 Å². The molecule has 5 heteroatoms. The van der Waals surface area contributed by atoms with Gasteiger partial charge in [0.05, 0.1) is 4.90 Å². The van der Waals surface area contributed by atoms with Gasteiger partial charge in [0.25, 0.3) is 0 Å². The van der Waals surface area contributed by atoms with Crippen molar-refractivity contribution in [3.8, 4) is 0 Å². The van der Waals surface area contributed by atoms with Crippen molar-refractivity contribution in [2.24, 2.45) is 0 Å². The molecule has 0 heterocycles. The SMILES string of the molecule is Cc1ccc(S(=O)(=O)N[C@H](CCCc2ccccc2)CCSc2ccccc2)cc1. The van der Waals surface area contributed by atoms with Gasteiger partial charge in [-0.3, -0.25) is 0 Å². The maximum absolute atomic E-state index is 12.9. The molecular formula is C25H29NO2S2. The minimum absolute atomic E-state index is 0.0868. The maximum atomic E-state index is 12.9. The first-order valence-electron chi connectivity index (χ1n) is 10.3. The van der Waals surface area contributed by atoms with Crippen LogP contribution in [-0.2, 0) is 16.4 Å². The van der Waals surface area contributed by atoms with Crippen LogP contribution < -0.4 is 4.72 Å². The van der Waals surface area contributed by atoms with Crippen LogP contribution in [0.5, 0.6) is 0 Å². The summed E-state index contributed by atoms with van der Waals surface area (Å²) in [6.45, 7) is 1.96. The smallest absolute Gasteiger partial charge is 0.208 e. The lowest BCUT2D eigenvalue weighted by atomic mass is 10.0. The number of thioether (sulfide) groups is 1. The molecule has 0 saturated heterocycles. The van der Waals surface area contributed by atoms with Gasteiger partial charge < -0.3 is 0 Å². The molecule has 0 radical (unpaired) electrons. The van der Waals surface area contributed by atoms with E-state index in [0.717, 1.165) is 37.0 Å². The molecule has 0 amide bonds. The van der Waals surface area contributed by atoms with Gasteiger partial charge in [-0.05, 0) is 68.2 Å². The number of nitrogens with one attached hydrogen (secondary N) is 1. The van der Waals surface area contributed by atoms with Crippen LogP contribution in [0.2, 0.25) is 0 Å². The maximum Gasteiger partial charge on any atom is 0.240 e. The van der Waals surface area contributed by atoms with Gasteiger partial charge in [-0.25, -0.2) is 13.1 Å². The van der Waals surface area contributed by atoms with Crippen LogP contribution in [0.15, 0.2) is 94.7 Å². The van der Waals surface area contributed by atoms with Gasteiger partial charge in [0.15, 0.2) is 0 Å². The molecule has 30 heavy (non-hydrogen) atoms. The van der Waals surface area contributed by atoms with Crippen molar-refractivity contribution >= 4 is 21.8 Å². The monoisotopic (exact) mass is 439 g/mol. The Kier molecular flexibility index (Phi) is 8.55. The number of hydrogen-bond acceptors (Lipinski definition) is 3. The highest BCUT2D eigenvalue weighted by Crippen LogP contribution is 2.21. The molecule has 0 spiro atoms. The van der Waals surface area contributed by atoms with Gasteiger partial charge in [0.2, 0.25) is 10.0 Å². The van der Waals surface area contributed by atoms with E-state index in [0.29, 0.717) is 4.90 Å². The quantitative estimate of drug-likeness (QED) is 0.381. The summed E-state index contributed by atoms with van der Waals surface area (Å²) in [5.41, 5.74) is 2.34. The summed E-state index contributed by atoms with van der Waals surface area (Å²) in [5.74, 6) is 0.871. The van der Waals surface area contributed by atoms with Crippen LogP contribution in [0.25, 0.3) is 0 Å². The first kappa shape index (κ1) is 22.6. The third-order valence-electron chi connectivity index (χ3n) is 4.99. The van der Waals surface area contributed by atoms with Crippen LogP contribution in [-0.4, -0.2) is 20.2 Å². The Hall–Kier alpha value is -2.08. The van der Waals surface area contributed by atoms with E-state index < -0.39 is 10.0 Å². The topological polar surface area (TPSA) is 46.2 Å². The van der Waals surface area contributed by atoms with Crippen molar-refractivity contribution in [1.29, 1.82) is 0 Å². The van der Waals surface area contributed by atoms with E-state index in [1.54, 1.807) is 23.9 Å². The average Bonchev–Trinajstić information content (AvgIpc) is 2.75. The van der Waals surface area contributed by atoms with Crippen LogP contribution in [0.4, 0.5) is 0 Å². The fraction of sp³-hybridized carbons (Fsp3) is 0.280. The largest absolute Gasteiger partial charge is 0.240 e. The second kappa shape index (κ2) is 11.3. The zero-order valence-electron chi connectivity index (χ0n) is 17.3. The molecule has 1 N–H and O–H groups in total. The van der Waals surface area contributed by atoms with E-state index in [1.165, 1.54) is 10.5 Å². The minimum Gasteiger partial charge on any atom is -0.208 e. The second-order valence-corrected chi connectivity index (χ2v) is 10.3. The third kappa shape index (κ3) is 7.31. The lowest BCUT2D eigenvalue weighted by Crippen LogP contribution is -2.35. The Labute approximate surface area is 185 Å². The van der Waals surface area contributed by atoms with Gasteiger partial charge in [-0.1, -0.05) is 66.2 Å². The van der Waals surface area contributed by atoms with Gasteiger partial charge >= 0.3 is 0 Å². The molecule has 3 rings (SSSR count). The van der Waals surface area contributed by atoms with Gasteiger partial charge in [-0.15, -0.1) is 11.8 Å². The van der Waals surface area contributed by atoms with Crippen molar-refractivity contribution < 1.29 is 8.42 Å². The van der Waals surface area contributed by atoms with E-state index >= 15 is 0 Å². The van der Waals surface area contributed by atoms with E-state index in [9.17, 15) is 8.42 Å². The number of rotatable bonds is 11. The molecule has 0 bridgehead atoms. The summed E-state index contributed by atoms with van der Waals surface area (Å²) < 4.78 is 28.8. The molecule has 1 atom stereocenters. The van der Waals surface area contributed by atoms with E-state index in [2.05, 4.69) is 29.0 Å². The molecular weight excluding hydrogens is 410 g/mol. The molecule has 158 valence electrons. The molecule has 3 aromatic carbocycles. The predicted molar refractivity (Wildman–Crippen MR) is 126 cm³/mol. The molecule has 0 saturated carbocycles. The zero-order valence-corrected chi connectivity index (χ0v) is 19.0. The van der Waals surface area contributed by atoms with Crippen molar-refractivity contribution in [2.45, 2.75) is 48.4 Å². The highest BCUT2D eigenvalue weighted by molar-refractivity contribution is 7.99. The standard InChI is InChI=1S/C25H29NO2S2/c1-21-15-17-25(18-16-21)30(27,28)26-23(12-8-11-22-9-4-2-5-10-22)19-20-29-24-13-6-3-7-14-24/h2-7,9-10,13-18,23,26H,8,11-12,19-20H2,1H3/t23-/m1/s1. The van der Waals surface area contributed by atoms with E-state index in [4.69, 9.17) is 0 Å². The van der Waals surface area contributed by atoms with Crippen LogP contribution in [0.3, 0.4) is 0 Å². The lowest BCUT2D eigenvalue weighted by Gasteiger charge is -2.19.